The van der Waals surface area contributed by atoms with Crippen molar-refractivity contribution >= 4 is 17.9 Å². The maximum absolute atomic E-state index is 13.2. The second kappa shape index (κ2) is 4.90. The molecule has 0 atom stereocenters. The fraction of sp³-hybridized carbons (Fsp3) is 0.231. The molecule has 2 rings (SSSR count). The van der Waals surface area contributed by atoms with E-state index in [1.165, 1.54) is 16.8 Å². The predicted molar refractivity (Wildman–Crippen MR) is 68.0 cm³/mol. The Morgan fingerprint density at radius 1 is 1.44 bits per heavy atom. The van der Waals surface area contributed by atoms with Gasteiger partial charge >= 0.3 is 0 Å². The number of nitrogens with zero attached hydrogens (tertiary/aromatic N) is 2. The summed E-state index contributed by atoms with van der Waals surface area (Å²) in [5, 5.41) is 4.49. The first kappa shape index (κ1) is 12.8. The van der Waals surface area contributed by atoms with Crippen molar-refractivity contribution in [1.29, 1.82) is 0 Å². The molecule has 0 aliphatic carbocycles. The first-order valence-electron chi connectivity index (χ1n) is 5.54. The van der Waals surface area contributed by atoms with Crippen molar-refractivity contribution in [2.75, 3.05) is 0 Å². The number of aldehydes is 1. The van der Waals surface area contributed by atoms with E-state index in [1.807, 2.05) is 13.8 Å². The molecule has 0 amide bonds. The van der Waals surface area contributed by atoms with Gasteiger partial charge in [-0.1, -0.05) is 31.5 Å². The van der Waals surface area contributed by atoms with Crippen molar-refractivity contribution in [3.05, 3.63) is 46.5 Å². The fourth-order valence-corrected chi connectivity index (χ4v) is 2.02. The van der Waals surface area contributed by atoms with Crippen molar-refractivity contribution in [1.82, 2.24) is 9.78 Å². The molecule has 0 fully saturated rings. The van der Waals surface area contributed by atoms with Gasteiger partial charge in [-0.05, 0) is 24.1 Å². The summed E-state index contributed by atoms with van der Waals surface area (Å²) in [7, 11) is 0. The highest BCUT2D eigenvalue weighted by Gasteiger charge is 2.19. The van der Waals surface area contributed by atoms with Gasteiger partial charge in [-0.3, -0.25) is 4.79 Å². The highest BCUT2D eigenvalue weighted by Crippen LogP contribution is 2.27. The zero-order chi connectivity index (χ0) is 13.3. The molecule has 0 N–H and O–H groups in total. The highest BCUT2D eigenvalue weighted by molar-refractivity contribution is 6.32. The van der Waals surface area contributed by atoms with Crippen LogP contribution in [0.25, 0.3) is 5.69 Å². The number of hydrogen-bond acceptors (Lipinski definition) is 2. The molecule has 5 heteroatoms. The molecule has 2 aromatic rings. The smallest absolute Gasteiger partial charge is 0.155 e. The molecule has 1 aromatic carbocycles. The van der Waals surface area contributed by atoms with Crippen LogP contribution in [-0.4, -0.2) is 16.1 Å². The van der Waals surface area contributed by atoms with E-state index in [2.05, 4.69) is 5.10 Å². The Labute approximate surface area is 109 Å². The van der Waals surface area contributed by atoms with Crippen LogP contribution in [0.5, 0.6) is 0 Å². The van der Waals surface area contributed by atoms with Crippen molar-refractivity contribution in [2.45, 2.75) is 19.8 Å². The summed E-state index contributed by atoms with van der Waals surface area (Å²) in [5.74, 6) is -0.310. The average molecular weight is 267 g/mol. The van der Waals surface area contributed by atoms with E-state index in [0.717, 1.165) is 0 Å². The molecule has 3 nitrogen and oxygen atoms in total. The first-order chi connectivity index (χ1) is 8.54. The van der Waals surface area contributed by atoms with E-state index in [9.17, 15) is 9.18 Å². The lowest BCUT2D eigenvalue weighted by Gasteiger charge is -2.03. The number of hydrogen-bond donors (Lipinski definition) is 0. The number of halogens is 2. The van der Waals surface area contributed by atoms with Crippen molar-refractivity contribution in [3.8, 4) is 5.69 Å². The fourth-order valence-electron chi connectivity index (χ4n) is 1.74. The van der Waals surface area contributed by atoms with Gasteiger partial charge < -0.3 is 0 Å². The van der Waals surface area contributed by atoms with Crippen LogP contribution >= 0.6 is 11.6 Å². The van der Waals surface area contributed by atoms with Crippen LogP contribution in [0.1, 0.15) is 35.8 Å². The third kappa shape index (κ3) is 2.16. The molecule has 94 valence electrons. The van der Waals surface area contributed by atoms with E-state index in [0.29, 0.717) is 23.2 Å². The minimum absolute atomic E-state index is 0.0671. The molecule has 1 heterocycles. The summed E-state index contributed by atoms with van der Waals surface area (Å²) in [5.41, 5.74) is 1.46. The van der Waals surface area contributed by atoms with Gasteiger partial charge in [-0.2, -0.15) is 5.10 Å². The lowest BCUT2D eigenvalue weighted by atomic mass is 10.1. The summed E-state index contributed by atoms with van der Waals surface area (Å²) >= 11 is 6.11. The second-order valence-corrected chi connectivity index (χ2v) is 4.61. The Kier molecular flexibility index (Phi) is 3.48. The Morgan fingerprint density at radius 3 is 2.67 bits per heavy atom. The van der Waals surface area contributed by atoms with Crippen molar-refractivity contribution in [3.63, 3.8) is 0 Å². The summed E-state index contributed by atoms with van der Waals surface area (Å²) in [6.07, 6.45) is 0.681. The molecule has 1 aromatic heterocycles. The molecule has 0 saturated heterocycles. The summed E-state index contributed by atoms with van der Waals surface area (Å²) in [6.45, 7) is 3.84. The van der Waals surface area contributed by atoms with Gasteiger partial charge in [-0.25, -0.2) is 9.07 Å². The highest BCUT2D eigenvalue weighted by atomic mass is 35.5. The van der Waals surface area contributed by atoms with Gasteiger partial charge in [0.15, 0.2) is 6.29 Å². The van der Waals surface area contributed by atoms with Gasteiger partial charge in [0.2, 0.25) is 0 Å². The van der Waals surface area contributed by atoms with Gasteiger partial charge in [0, 0.05) is 0 Å². The minimum atomic E-state index is -0.377. The third-order valence-electron chi connectivity index (χ3n) is 2.61. The molecule has 0 unspecified atom stereocenters. The lowest BCUT2D eigenvalue weighted by Crippen LogP contribution is -1.98. The number of benzene rings is 1. The Hall–Kier alpha value is -1.68. The van der Waals surface area contributed by atoms with Crippen molar-refractivity contribution < 1.29 is 9.18 Å². The number of carbonyl (C=O) groups excluding carboxylic acids is 1. The lowest BCUT2D eigenvalue weighted by molar-refractivity contribution is 0.112. The molecule has 0 spiro atoms. The Morgan fingerprint density at radius 2 is 2.17 bits per heavy atom. The average Bonchev–Trinajstić information content (AvgIpc) is 2.66. The summed E-state index contributed by atoms with van der Waals surface area (Å²) < 4.78 is 14.6. The third-order valence-corrected chi connectivity index (χ3v) is 2.97. The first-order valence-corrected chi connectivity index (χ1v) is 5.92. The second-order valence-electron chi connectivity index (χ2n) is 4.25. The zero-order valence-electron chi connectivity index (χ0n) is 10.0. The van der Waals surface area contributed by atoms with E-state index >= 15 is 0 Å². The maximum Gasteiger partial charge on any atom is 0.155 e. The number of carbonyl (C=O) groups is 1. The summed E-state index contributed by atoms with van der Waals surface area (Å²) in [4.78, 5) is 11.1. The standard InChI is InChI=1S/C13H12ClFN2O/c1-8(2)12-11(7-18)13(14)17(16-12)10-5-3-4-9(15)6-10/h3-8H,1-2H3. The van der Waals surface area contributed by atoms with Gasteiger partial charge in [0.05, 0.1) is 16.9 Å². The minimum Gasteiger partial charge on any atom is -0.298 e. The SMILES string of the molecule is CC(C)c1nn(-c2cccc(F)c2)c(Cl)c1C=O. The predicted octanol–water partition coefficient (Wildman–Crippen LogP) is 3.60. The quantitative estimate of drug-likeness (QED) is 0.796. The van der Waals surface area contributed by atoms with Crippen LogP contribution in [0, 0.1) is 5.82 Å². The van der Waals surface area contributed by atoms with Crippen LogP contribution in [0.15, 0.2) is 24.3 Å². The van der Waals surface area contributed by atoms with Crippen LogP contribution in [0.3, 0.4) is 0 Å². The molecule has 18 heavy (non-hydrogen) atoms. The number of rotatable bonds is 3. The van der Waals surface area contributed by atoms with Crippen molar-refractivity contribution in [2.24, 2.45) is 0 Å². The monoisotopic (exact) mass is 266 g/mol. The molecule has 0 bridgehead atoms. The zero-order valence-corrected chi connectivity index (χ0v) is 10.8. The van der Waals surface area contributed by atoms with Crippen LogP contribution < -0.4 is 0 Å². The Bertz CT molecular complexity index is 593. The molecule has 0 radical (unpaired) electrons. The largest absolute Gasteiger partial charge is 0.298 e. The summed E-state index contributed by atoms with van der Waals surface area (Å²) in [6, 6.07) is 5.90. The maximum atomic E-state index is 13.2. The van der Waals surface area contributed by atoms with Gasteiger partial charge in [0.25, 0.3) is 0 Å². The van der Waals surface area contributed by atoms with E-state index in [4.69, 9.17) is 11.6 Å². The van der Waals surface area contributed by atoms with Gasteiger partial charge in [0.1, 0.15) is 11.0 Å². The molecule has 0 saturated carbocycles. The van der Waals surface area contributed by atoms with Crippen LogP contribution in [0.2, 0.25) is 5.15 Å². The molecule has 0 aliphatic rings. The van der Waals surface area contributed by atoms with E-state index in [1.54, 1.807) is 12.1 Å². The normalized spacial score (nSPS) is 10.9. The molecule has 0 aliphatic heterocycles. The molecular formula is C13H12ClFN2O. The topological polar surface area (TPSA) is 34.9 Å². The van der Waals surface area contributed by atoms with E-state index in [-0.39, 0.29) is 16.9 Å². The van der Waals surface area contributed by atoms with Crippen LogP contribution in [-0.2, 0) is 0 Å². The van der Waals surface area contributed by atoms with Crippen LogP contribution in [0.4, 0.5) is 4.39 Å². The number of aromatic nitrogens is 2. The molecular weight excluding hydrogens is 255 g/mol. The van der Waals surface area contributed by atoms with E-state index < -0.39 is 0 Å². The van der Waals surface area contributed by atoms with Gasteiger partial charge in [-0.15, -0.1) is 0 Å². The Balaban J connectivity index is 2.62.